The number of hydrogen-bond acceptors (Lipinski definition) is 23. The van der Waals surface area contributed by atoms with Crippen molar-refractivity contribution in [1.29, 1.82) is 0 Å². The topological polar surface area (TPSA) is 286 Å². The summed E-state index contributed by atoms with van der Waals surface area (Å²) in [5, 5.41) is 10.5. The molecule has 1 N–H and O–H groups in total. The molecule has 23 nitrogen and oxygen atoms in total. The Hall–Kier alpha value is -10.9. The van der Waals surface area contributed by atoms with Crippen LogP contribution in [0.3, 0.4) is 0 Å². The zero-order valence-electron chi connectivity index (χ0n) is 54.7. The Balaban J connectivity index is 1.19. The van der Waals surface area contributed by atoms with Crippen molar-refractivity contribution >= 4 is 47.8 Å². The Kier molecular flexibility index (Phi) is 27.6. The Morgan fingerprint density at radius 1 is 0.219 bits per heavy atom. The third-order valence-corrected chi connectivity index (χ3v) is 13.5. The van der Waals surface area contributed by atoms with Crippen LogP contribution < -0.4 is 28.4 Å². The number of aliphatic hydroxyl groups excluding tert-OH is 1. The van der Waals surface area contributed by atoms with Crippen LogP contribution in [0.5, 0.6) is 34.5 Å². The van der Waals surface area contributed by atoms with E-state index < -0.39 is 54.4 Å². The lowest BCUT2D eigenvalue weighted by molar-refractivity contribution is 0.0505. The molecule has 0 aliphatic heterocycles. The predicted molar refractivity (Wildman–Crippen MR) is 345 cm³/mol. The van der Waals surface area contributed by atoms with Crippen molar-refractivity contribution in [3.8, 4) is 34.5 Å². The molecule has 7 rings (SSSR count). The molecule has 506 valence electrons. The van der Waals surface area contributed by atoms with Gasteiger partial charge in [-0.2, -0.15) is 0 Å². The van der Waals surface area contributed by atoms with Gasteiger partial charge in [-0.15, -0.1) is 0 Å². The minimum atomic E-state index is -0.654. The second-order valence-electron chi connectivity index (χ2n) is 20.8. The van der Waals surface area contributed by atoms with Gasteiger partial charge in [0.2, 0.25) is 0 Å². The summed E-state index contributed by atoms with van der Waals surface area (Å²) in [4.78, 5) is 104. The second-order valence-corrected chi connectivity index (χ2v) is 20.8. The molecule has 0 aliphatic rings. The fourth-order valence-corrected chi connectivity index (χ4v) is 9.41. The van der Waals surface area contributed by atoms with Crippen molar-refractivity contribution in [2.75, 3.05) is 52.9 Å². The normalized spacial score (nSPS) is 10.7. The first-order chi connectivity index (χ1) is 46.4. The number of esters is 8. The van der Waals surface area contributed by atoms with Crippen molar-refractivity contribution in [2.45, 2.75) is 102 Å². The highest BCUT2D eigenvalue weighted by atomic mass is 16.6. The molecule has 7 aromatic carbocycles. The number of hydrogen-bond donors (Lipinski definition) is 1. The zero-order chi connectivity index (χ0) is 69.1. The zero-order valence-corrected chi connectivity index (χ0v) is 54.7. The molecule has 0 spiro atoms. The summed E-state index contributed by atoms with van der Waals surface area (Å²) < 4.78 is 80.0. The number of rotatable bonds is 35. The maximum absolute atomic E-state index is 12.9. The summed E-state index contributed by atoms with van der Waals surface area (Å²) in [7, 11) is 0. The van der Waals surface area contributed by atoms with Gasteiger partial charge in [-0.3, -0.25) is 0 Å². The number of ether oxygens (including phenoxy) is 14. The maximum Gasteiger partial charge on any atom is 0.338 e. The third kappa shape index (κ3) is 21.6. The molecular weight excluding hydrogens is 1240 g/mol. The fraction of sp³-hybridized carbons (Fsp3) is 0.315. The summed E-state index contributed by atoms with van der Waals surface area (Å²) in [6.07, 6.45) is 0. The number of carbonyl (C=O) groups excluding carboxylic acids is 8. The third-order valence-electron chi connectivity index (χ3n) is 13.5. The molecule has 0 saturated heterocycles. The van der Waals surface area contributed by atoms with Crippen molar-refractivity contribution < 1.29 is 110 Å². The molecule has 0 saturated carbocycles. The summed E-state index contributed by atoms with van der Waals surface area (Å²) in [6.45, 7) is 12.8. The molecule has 23 heteroatoms. The lowest BCUT2D eigenvalue weighted by Crippen LogP contribution is -2.11. The molecule has 0 unspecified atom stereocenters. The van der Waals surface area contributed by atoms with Crippen molar-refractivity contribution in [1.82, 2.24) is 0 Å². The molecule has 0 fully saturated rings. The van der Waals surface area contributed by atoms with Gasteiger partial charge in [0.05, 0.1) is 104 Å². The van der Waals surface area contributed by atoms with Crippen LogP contribution in [-0.2, 0) is 84.1 Å². The van der Waals surface area contributed by atoms with E-state index in [1.54, 1.807) is 110 Å². The van der Waals surface area contributed by atoms with Gasteiger partial charge in [0.25, 0.3) is 0 Å². The van der Waals surface area contributed by atoms with Gasteiger partial charge in [-0.25, -0.2) is 38.4 Å². The average Bonchev–Trinajstić information content (AvgIpc) is 0.946. The van der Waals surface area contributed by atoms with E-state index in [0.717, 1.165) is 0 Å². The van der Waals surface area contributed by atoms with Gasteiger partial charge < -0.3 is 71.4 Å². The van der Waals surface area contributed by atoms with Gasteiger partial charge in [0.15, 0.2) is 0 Å². The SMILES string of the molecule is CCOC(=O)c1cc(COc2cc(COc3cc(CO)cc(OCc4cc(OCc5cc(C(=O)OCC)cc(C(=O)OCC)c5)cc(OCc5cc(C(=O)OCC)cc(C(=O)OCC)c5)c4)c3)cc(OCc3cc(C(=O)OCC)cc(C(=O)OCC)c3)c2)cc(C(=O)OCC)c1. The van der Waals surface area contributed by atoms with Crippen LogP contribution in [0, 0.1) is 0 Å². The first-order valence-corrected chi connectivity index (χ1v) is 31.1. The molecule has 0 amide bonds. The van der Waals surface area contributed by atoms with E-state index >= 15 is 0 Å². The molecule has 0 heterocycles. The monoisotopic (exact) mass is 1320 g/mol. The lowest BCUT2D eigenvalue weighted by Gasteiger charge is -2.16. The van der Waals surface area contributed by atoms with Crippen LogP contribution in [-0.4, -0.2) is 106 Å². The van der Waals surface area contributed by atoms with Crippen molar-refractivity contribution in [2.24, 2.45) is 0 Å². The van der Waals surface area contributed by atoms with E-state index in [0.29, 0.717) is 38.9 Å². The Morgan fingerprint density at radius 2 is 0.365 bits per heavy atom. The van der Waals surface area contributed by atoms with E-state index in [9.17, 15) is 43.5 Å². The van der Waals surface area contributed by atoms with E-state index in [1.165, 1.54) is 72.8 Å². The van der Waals surface area contributed by atoms with E-state index in [-0.39, 0.29) is 172 Å². The van der Waals surface area contributed by atoms with E-state index in [2.05, 4.69) is 0 Å². The second kappa shape index (κ2) is 36.5. The van der Waals surface area contributed by atoms with Crippen LogP contribution in [0.25, 0.3) is 0 Å². The lowest BCUT2D eigenvalue weighted by atomic mass is 10.1. The highest BCUT2D eigenvalue weighted by Crippen LogP contribution is 2.32. The first kappa shape index (κ1) is 72.5. The average molecular weight is 1320 g/mol. The van der Waals surface area contributed by atoms with Gasteiger partial charge in [-0.1, -0.05) is 0 Å². The Labute approximate surface area is 555 Å². The maximum atomic E-state index is 12.9. The van der Waals surface area contributed by atoms with Crippen LogP contribution >= 0.6 is 0 Å². The highest BCUT2D eigenvalue weighted by Gasteiger charge is 2.21. The molecular formula is C73H76O23. The Bertz CT molecular complexity index is 3310. The van der Waals surface area contributed by atoms with Crippen LogP contribution in [0.4, 0.5) is 0 Å². The molecule has 96 heavy (non-hydrogen) atoms. The molecule has 0 atom stereocenters. The number of carbonyl (C=O) groups is 8. The summed E-state index contributed by atoms with van der Waals surface area (Å²) >= 11 is 0. The smallest absolute Gasteiger partial charge is 0.338 e. The molecule has 0 bridgehead atoms. The van der Waals surface area contributed by atoms with E-state index in [1.807, 2.05) is 0 Å². The van der Waals surface area contributed by atoms with Crippen LogP contribution in [0.2, 0.25) is 0 Å². The van der Waals surface area contributed by atoms with Gasteiger partial charge in [0, 0.05) is 18.2 Å². The minimum Gasteiger partial charge on any atom is -0.489 e. The summed E-state index contributed by atoms with van der Waals surface area (Å²) in [5.74, 6) is -3.63. The molecule has 0 aliphatic carbocycles. The standard InChI is InChI=1S/C73H76O23/c1-9-83-66(75)52-17-46(18-53(31-52)67(76)84-10-2)39-91-62-27-50(28-63(36-62)92-40-47-19-54(68(77)85-11-3)32-55(20-47)69(78)86-12-4)43-95-60-25-45(38-74)26-61(35-60)96-44-51-29-64(93-41-48-21-56(70(79)87-13-5)33-57(22-48)71(80)88-14-6)37-65(30-51)94-42-49-23-58(72(81)89-15-7)34-59(24-49)73(82)90-16-8/h17-37,74H,9-16,38-44H2,1-8H3. The van der Waals surface area contributed by atoms with Gasteiger partial charge in [0.1, 0.15) is 74.1 Å². The largest absolute Gasteiger partial charge is 0.489 e. The Morgan fingerprint density at radius 3 is 0.510 bits per heavy atom. The molecule has 7 aromatic rings. The van der Waals surface area contributed by atoms with Crippen molar-refractivity contribution in [3.05, 3.63) is 211 Å². The summed E-state index contributed by atoms with van der Waals surface area (Å²) in [6, 6.07) is 32.6. The van der Waals surface area contributed by atoms with Crippen molar-refractivity contribution in [3.63, 3.8) is 0 Å². The van der Waals surface area contributed by atoms with Gasteiger partial charge in [-0.05, 0) is 204 Å². The number of aliphatic hydroxyl groups is 1. The molecule has 0 radical (unpaired) electrons. The minimum absolute atomic E-state index is 0.0940. The fourth-order valence-electron chi connectivity index (χ4n) is 9.41. The van der Waals surface area contributed by atoms with Crippen LogP contribution in [0.15, 0.2) is 127 Å². The first-order valence-electron chi connectivity index (χ1n) is 31.1. The quantitative estimate of drug-likeness (QED) is 0.0285. The number of benzene rings is 7. The summed E-state index contributed by atoms with van der Waals surface area (Å²) in [5.41, 5.74) is 4.01. The van der Waals surface area contributed by atoms with Gasteiger partial charge >= 0.3 is 47.8 Å². The predicted octanol–water partition coefficient (Wildman–Crippen LogP) is 12.1. The van der Waals surface area contributed by atoms with Crippen LogP contribution in [0.1, 0.15) is 177 Å². The highest BCUT2D eigenvalue weighted by molar-refractivity contribution is 5.98. The van der Waals surface area contributed by atoms with E-state index in [4.69, 9.17) is 66.3 Å². The molecule has 0 aromatic heterocycles.